The van der Waals surface area contributed by atoms with Gasteiger partial charge in [0.15, 0.2) is 0 Å². The number of nitrogens with zero attached hydrogens (tertiary/aromatic N) is 2. The standard InChI is InChI=1S/C18H23N3O3/c19-18(23)21-10-8-20(9-11-21)12-15(22)13-24-17-7-3-5-14-4-1-2-6-16(14)17/h1-7,15,22H,8-13H2,(H2,19,23). The maximum absolute atomic E-state index is 11.1. The number of hydrogen-bond acceptors (Lipinski definition) is 4. The summed E-state index contributed by atoms with van der Waals surface area (Å²) in [6.45, 7) is 3.41. The molecule has 24 heavy (non-hydrogen) atoms. The highest BCUT2D eigenvalue weighted by Gasteiger charge is 2.21. The summed E-state index contributed by atoms with van der Waals surface area (Å²) in [5.41, 5.74) is 5.27. The fraction of sp³-hybridized carbons (Fsp3) is 0.389. The van der Waals surface area contributed by atoms with Gasteiger partial charge in [0.1, 0.15) is 18.5 Å². The molecule has 1 unspecified atom stereocenters. The van der Waals surface area contributed by atoms with Gasteiger partial charge in [-0.3, -0.25) is 4.90 Å². The van der Waals surface area contributed by atoms with E-state index in [1.165, 1.54) is 0 Å². The lowest BCUT2D eigenvalue weighted by molar-refractivity contribution is 0.0527. The van der Waals surface area contributed by atoms with Crippen molar-refractivity contribution in [2.45, 2.75) is 6.10 Å². The molecule has 1 aliphatic heterocycles. The fourth-order valence-corrected chi connectivity index (χ4v) is 3.01. The summed E-state index contributed by atoms with van der Waals surface area (Å²) < 4.78 is 5.82. The summed E-state index contributed by atoms with van der Waals surface area (Å²) in [6, 6.07) is 13.5. The van der Waals surface area contributed by atoms with Crippen LogP contribution in [0.3, 0.4) is 0 Å². The first-order valence-electron chi connectivity index (χ1n) is 8.19. The molecule has 3 N–H and O–H groups in total. The molecule has 0 spiro atoms. The quantitative estimate of drug-likeness (QED) is 0.866. The van der Waals surface area contributed by atoms with E-state index in [9.17, 15) is 9.90 Å². The Morgan fingerprint density at radius 3 is 2.58 bits per heavy atom. The zero-order chi connectivity index (χ0) is 16.9. The molecule has 2 aromatic carbocycles. The summed E-state index contributed by atoms with van der Waals surface area (Å²) in [7, 11) is 0. The van der Waals surface area contributed by atoms with E-state index in [-0.39, 0.29) is 12.6 Å². The topological polar surface area (TPSA) is 79.0 Å². The number of piperazine rings is 1. The second-order valence-corrected chi connectivity index (χ2v) is 6.07. The minimum atomic E-state index is -0.580. The van der Waals surface area contributed by atoms with Crippen LogP contribution in [0.4, 0.5) is 4.79 Å². The number of β-amino-alcohol motifs (C(OH)–C–C–N with tert-alkyl or cyclic N) is 1. The summed E-state index contributed by atoms with van der Waals surface area (Å²) >= 11 is 0. The van der Waals surface area contributed by atoms with E-state index in [0.717, 1.165) is 16.5 Å². The number of hydrogen-bond donors (Lipinski definition) is 2. The molecule has 0 radical (unpaired) electrons. The van der Waals surface area contributed by atoms with Gasteiger partial charge >= 0.3 is 6.03 Å². The largest absolute Gasteiger partial charge is 0.490 e. The molecule has 1 atom stereocenters. The van der Waals surface area contributed by atoms with Crippen molar-refractivity contribution in [3.63, 3.8) is 0 Å². The summed E-state index contributed by atoms with van der Waals surface area (Å²) in [4.78, 5) is 14.9. The van der Waals surface area contributed by atoms with Crippen LogP contribution in [0.2, 0.25) is 0 Å². The van der Waals surface area contributed by atoms with Crippen LogP contribution in [0.5, 0.6) is 5.75 Å². The van der Waals surface area contributed by atoms with Gasteiger partial charge in [0.05, 0.1) is 0 Å². The van der Waals surface area contributed by atoms with Crippen LogP contribution < -0.4 is 10.5 Å². The first-order valence-corrected chi connectivity index (χ1v) is 8.19. The third-order valence-corrected chi connectivity index (χ3v) is 4.33. The van der Waals surface area contributed by atoms with Crippen LogP contribution in [0.15, 0.2) is 42.5 Å². The third-order valence-electron chi connectivity index (χ3n) is 4.33. The van der Waals surface area contributed by atoms with E-state index in [1.807, 2.05) is 42.5 Å². The molecule has 2 aromatic rings. The zero-order valence-corrected chi connectivity index (χ0v) is 13.6. The van der Waals surface area contributed by atoms with Crippen LogP contribution in [0, 0.1) is 0 Å². The van der Waals surface area contributed by atoms with Gasteiger partial charge in [-0.2, -0.15) is 0 Å². The predicted molar refractivity (Wildman–Crippen MR) is 93.0 cm³/mol. The number of rotatable bonds is 5. The van der Waals surface area contributed by atoms with E-state index >= 15 is 0 Å². The molecule has 3 rings (SSSR count). The third kappa shape index (κ3) is 3.96. The first-order chi connectivity index (χ1) is 11.6. The lowest BCUT2D eigenvalue weighted by Crippen LogP contribution is -2.52. The predicted octanol–water partition coefficient (Wildman–Crippen LogP) is 1.28. The number of ether oxygens (including phenoxy) is 1. The van der Waals surface area contributed by atoms with Gasteiger partial charge < -0.3 is 20.5 Å². The van der Waals surface area contributed by atoms with Gasteiger partial charge in [-0.1, -0.05) is 36.4 Å². The minimum Gasteiger partial charge on any atom is -0.490 e. The second-order valence-electron chi connectivity index (χ2n) is 6.07. The average Bonchev–Trinajstić information content (AvgIpc) is 2.60. The monoisotopic (exact) mass is 329 g/mol. The summed E-state index contributed by atoms with van der Waals surface area (Å²) in [6.07, 6.45) is -0.580. The van der Waals surface area contributed by atoms with E-state index in [2.05, 4.69) is 4.90 Å². The SMILES string of the molecule is NC(=O)N1CCN(CC(O)COc2cccc3ccccc23)CC1. The Labute approximate surface area is 141 Å². The van der Waals surface area contributed by atoms with Gasteiger partial charge in [-0.15, -0.1) is 0 Å². The normalized spacial score (nSPS) is 17.0. The number of fused-ring (bicyclic) bond motifs is 1. The van der Waals surface area contributed by atoms with Crippen LogP contribution in [0.1, 0.15) is 0 Å². The smallest absolute Gasteiger partial charge is 0.314 e. The van der Waals surface area contributed by atoms with Crippen molar-refractivity contribution < 1.29 is 14.6 Å². The highest BCUT2D eigenvalue weighted by Crippen LogP contribution is 2.25. The molecule has 1 saturated heterocycles. The molecular weight excluding hydrogens is 306 g/mol. The van der Waals surface area contributed by atoms with E-state index in [0.29, 0.717) is 32.7 Å². The number of carbonyl (C=O) groups is 1. The molecule has 0 bridgehead atoms. The van der Waals surface area contributed by atoms with Crippen LogP contribution in [0.25, 0.3) is 10.8 Å². The highest BCUT2D eigenvalue weighted by molar-refractivity contribution is 5.88. The average molecular weight is 329 g/mol. The lowest BCUT2D eigenvalue weighted by atomic mass is 10.1. The Bertz CT molecular complexity index is 693. The maximum atomic E-state index is 11.1. The van der Waals surface area contributed by atoms with Crippen molar-refractivity contribution in [2.24, 2.45) is 5.73 Å². The molecule has 2 amide bonds. The van der Waals surface area contributed by atoms with Crippen molar-refractivity contribution >= 4 is 16.8 Å². The Kier molecular flexibility index (Phi) is 5.17. The van der Waals surface area contributed by atoms with E-state index < -0.39 is 6.10 Å². The number of aliphatic hydroxyl groups is 1. The van der Waals surface area contributed by atoms with Crippen molar-refractivity contribution in [3.05, 3.63) is 42.5 Å². The number of aliphatic hydroxyl groups excluding tert-OH is 1. The number of nitrogens with two attached hydrogens (primary N) is 1. The summed E-state index contributed by atoms with van der Waals surface area (Å²) in [5, 5.41) is 12.4. The Morgan fingerprint density at radius 1 is 1.12 bits per heavy atom. The molecule has 6 nitrogen and oxygen atoms in total. The fourth-order valence-electron chi connectivity index (χ4n) is 3.01. The molecule has 1 fully saturated rings. The van der Waals surface area contributed by atoms with Gasteiger partial charge in [0, 0.05) is 38.1 Å². The number of benzene rings is 2. The highest BCUT2D eigenvalue weighted by atomic mass is 16.5. The molecule has 0 aromatic heterocycles. The van der Waals surface area contributed by atoms with Crippen molar-refractivity contribution in [2.75, 3.05) is 39.3 Å². The minimum absolute atomic E-state index is 0.240. The number of carbonyl (C=O) groups excluding carboxylic acids is 1. The molecule has 0 aliphatic carbocycles. The maximum Gasteiger partial charge on any atom is 0.314 e. The van der Waals surface area contributed by atoms with E-state index in [4.69, 9.17) is 10.5 Å². The van der Waals surface area contributed by atoms with Crippen molar-refractivity contribution in [3.8, 4) is 5.75 Å². The number of primary amides is 1. The van der Waals surface area contributed by atoms with E-state index in [1.54, 1.807) is 4.90 Å². The molecule has 0 saturated carbocycles. The van der Waals surface area contributed by atoms with Gasteiger partial charge in [-0.25, -0.2) is 4.79 Å². The number of amides is 2. The second kappa shape index (κ2) is 7.51. The van der Waals surface area contributed by atoms with Crippen molar-refractivity contribution in [1.29, 1.82) is 0 Å². The molecule has 128 valence electrons. The van der Waals surface area contributed by atoms with Crippen molar-refractivity contribution in [1.82, 2.24) is 9.80 Å². The van der Waals surface area contributed by atoms with Crippen LogP contribution in [-0.4, -0.2) is 66.4 Å². The van der Waals surface area contributed by atoms with Gasteiger partial charge in [0.25, 0.3) is 0 Å². The molecule has 1 heterocycles. The Morgan fingerprint density at radius 2 is 1.83 bits per heavy atom. The first kappa shape index (κ1) is 16.5. The van der Waals surface area contributed by atoms with Crippen LogP contribution in [-0.2, 0) is 0 Å². The zero-order valence-electron chi connectivity index (χ0n) is 13.6. The Balaban J connectivity index is 1.51. The van der Waals surface area contributed by atoms with Gasteiger partial charge in [-0.05, 0) is 11.5 Å². The lowest BCUT2D eigenvalue weighted by Gasteiger charge is -2.34. The molecule has 6 heteroatoms. The summed E-state index contributed by atoms with van der Waals surface area (Å²) in [5.74, 6) is 0.783. The van der Waals surface area contributed by atoms with Gasteiger partial charge in [0.2, 0.25) is 0 Å². The van der Waals surface area contributed by atoms with Crippen LogP contribution >= 0.6 is 0 Å². The molecule has 1 aliphatic rings. The Hall–Kier alpha value is -2.31. The molecular formula is C18H23N3O3. The number of urea groups is 1.